The Labute approximate surface area is 152 Å². The number of anilines is 1. The summed E-state index contributed by atoms with van der Waals surface area (Å²) in [5, 5.41) is 3.23. The van der Waals surface area contributed by atoms with Crippen LogP contribution in [0.5, 0.6) is 0 Å². The van der Waals surface area contributed by atoms with Gasteiger partial charge in [0.15, 0.2) is 0 Å². The zero-order chi connectivity index (χ0) is 18.1. The quantitative estimate of drug-likeness (QED) is 0.821. The minimum absolute atomic E-state index is 0.00916. The molecule has 3 amide bonds. The van der Waals surface area contributed by atoms with E-state index in [-0.39, 0.29) is 29.1 Å². The fourth-order valence-corrected chi connectivity index (χ4v) is 2.80. The second kappa shape index (κ2) is 6.82. The van der Waals surface area contributed by atoms with Gasteiger partial charge in [0.25, 0.3) is 11.8 Å². The topological polar surface area (TPSA) is 66.5 Å². The molecule has 0 spiro atoms. The van der Waals surface area contributed by atoms with Crippen LogP contribution >= 0.6 is 23.2 Å². The van der Waals surface area contributed by atoms with Gasteiger partial charge >= 0.3 is 0 Å². The van der Waals surface area contributed by atoms with Crippen molar-refractivity contribution in [1.29, 1.82) is 0 Å². The van der Waals surface area contributed by atoms with Crippen LogP contribution in [0.25, 0.3) is 0 Å². The smallest absolute Gasteiger partial charge is 0.264 e. The number of fused-ring (bicyclic) bond motifs is 1. The van der Waals surface area contributed by atoms with Crippen LogP contribution in [-0.2, 0) is 4.79 Å². The van der Waals surface area contributed by atoms with Gasteiger partial charge in [-0.3, -0.25) is 19.3 Å². The van der Waals surface area contributed by atoms with E-state index in [1.54, 1.807) is 6.07 Å². The van der Waals surface area contributed by atoms with E-state index in [1.165, 1.54) is 24.3 Å². The monoisotopic (exact) mass is 380 g/mol. The molecule has 5 nitrogen and oxygen atoms in total. The molecule has 3 rings (SSSR count). The van der Waals surface area contributed by atoms with E-state index in [1.807, 2.05) is 0 Å². The van der Waals surface area contributed by atoms with Gasteiger partial charge in [-0.1, -0.05) is 29.3 Å². The number of nitrogens with zero attached hydrogens (tertiary/aromatic N) is 1. The molecule has 1 heterocycles. The lowest BCUT2D eigenvalue weighted by molar-refractivity contribution is -0.116. The maximum atomic E-state index is 13.7. The lowest BCUT2D eigenvalue weighted by Crippen LogP contribution is -2.33. The molecule has 128 valence electrons. The molecule has 1 aliphatic rings. The molecule has 2 aromatic rings. The summed E-state index contributed by atoms with van der Waals surface area (Å²) in [5.41, 5.74) is 0.195. The molecule has 8 heteroatoms. The second-order valence-corrected chi connectivity index (χ2v) is 6.17. The molecule has 0 aliphatic carbocycles. The third-order valence-corrected chi connectivity index (χ3v) is 4.45. The van der Waals surface area contributed by atoms with Crippen LogP contribution in [0.15, 0.2) is 36.4 Å². The first-order chi connectivity index (χ1) is 11.9. The summed E-state index contributed by atoms with van der Waals surface area (Å²) in [6, 6.07) is 8.45. The average molecular weight is 381 g/mol. The zero-order valence-corrected chi connectivity index (χ0v) is 14.2. The van der Waals surface area contributed by atoms with Crippen molar-refractivity contribution in [2.45, 2.75) is 6.42 Å². The first-order valence-corrected chi connectivity index (χ1v) is 8.03. The Bertz CT molecular complexity index is 901. The van der Waals surface area contributed by atoms with Crippen LogP contribution in [0.3, 0.4) is 0 Å². The van der Waals surface area contributed by atoms with Crippen molar-refractivity contribution in [3.63, 3.8) is 0 Å². The van der Waals surface area contributed by atoms with Gasteiger partial charge in [-0.15, -0.1) is 0 Å². The Morgan fingerprint density at radius 1 is 1.08 bits per heavy atom. The fraction of sp³-hybridized carbons (Fsp3) is 0.118. The zero-order valence-electron chi connectivity index (χ0n) is 12.7. The highest BCUT2D eigenvalue weighted by Gasteiger charge is 2.37. The Kier molecular flexibility index (Phi) is 4.74. The average Bonchev–Trinajstić information content (AvgIpc) is 2.81. The molecule has 0 saturated heterocycles. The maximum absolute atomic E-state index is 13.7. The summed E-state index contributed by atoms with van der Waals surface area (Å²) >= 11 is 11.7. The highest BCUT2D eigenvalue weighted by molar-refractivity contribution is 6.42. The second-order valence-electron chi connectivity index (χ2n) is 5.35. The van der Waals surface area contributed by atoms with E-state index >= 15 is 0 Å². The van der Waals surface area contributed by atoms with Crippen molar-refractivity contribution in [1.82, 2.24) is 4.90 Å². The van der Waals surface area contributed by atoms with E-state index in [9.17, 15) is 18.8 Å². The molecular weight excluding hydrogens is 370 g/mol. The summed E-state index contributed by atoms with van der Waals surface area (Å²) in [6.07, 6.45) is -0.132. The van der Waals surface area contributed by atoms with Crippen LogP contribution in [-0.4, -0.2) is 29.2 Å². The third kappa shape index (κ3) is 3.36. The van der Waals surface area contributed by atoms with Gasteiger partial charge in [0.2, 0.25) is 5.91 Å². The van der Waals surface area contributed by atoms with Crippen LogP contribution in [0.2, 0.25) is 10.0 Å². The Morgan fingerprint density at radius 3 is 2.52 bits per heavy atom. The maximum Gasteiger partial charge on any atom is 0.264 e. The number of carbonyl (C=O) groups excluding carboxylic acids is 3. The number of benzene rings is 2. The number of hydrogen-bond acceptors (Lipinski definition) is 3. The minimum Gasteiger partial charge on any atom is -0.326 e. The molecule has 0 radical (unpaired) electrons. The summed E-state index contributed by atoms with van der Waals surface area (Å²) in [5.74, 6) is -2.52. The number of imide groups is 1. The molecule has 0 fully saturated rings. The normalized spacial score (nSPS) is 13.2. The van der Waals surface area contributed by atoms with E-state index in [0.29, 0.717) is 10.7 Å². The van der Waals surface area contributed by atoms with Crippen molar-refractivity contribution in [2.75, 3.05) is 11.9 Å². The van der Waals surface area contributed by atoms with E-state index in [4.69, 9.17) is 23.2 Å². The molecule has 1 aliphatic heterocycles. The predicted molar refractivity (Wildman–Crippen MR) is 91.5 cm³/mol. The Balaban J connectivity index is 1.65. The first kappa shape index (κ1) is 17.4. The van der Waals surface area contributed by atoms with Gasteiger partial charge in [-0.05, 0) is 30.3 Å². The number of rotatable bonds is 4. The van der Waals surface area contributed by atoms with Crippen LogP contribution in [0.1, 0.15) is 27.1 Å². The van der Waals surface area contributed by atoms with E-state index in [2.05, 4.69) is 5.32 Å². The van der Waals surface area contributed by atoms with Crippen molar-refractivity contribution in [3.8, 4) is 0 Å². The molecular formula is C17H11Cl2FN2O3. The third-order valence-electron chi connectivity index (χ3n) is 3.71. The van der Waals surface area contributed by atoms with E-state index < -0.39 is 23.5 Å². The number of hydrogen-bond donors (Lipinski definition) is 1. The molecule has 0 atom stereocenters. The van der Waals surface area contributed by atoms with Gasteiger partial charge in [-0.25, -0.2) is 4.39 Å². The molecule has 2 aromatic carbocycles. The van der Waals surface area contributed by atoms with Crippen molar-refractivity contribution < 1.29 is 18.8 Å². The molecule has 0 saturated carbocycles. The SMILES string of the molecule is O=C(CCN1C(=O)c2cccc(F)c2C1=O)Nc1ccc(Cl)c(Cl)c1. The Morgan fingerprint density at radius 2 is 1.84 bits per heavy atom. The highest BCUT2D eigenvalue weighted by Crippen LogP contribution is 2.26. The number of halogens is 3. The van der Waals surface area contributed by atoms with Crippen LogP contribution in [0.4, 0.5) is 10.1 Å². The predicted octanol–water partition coefficient (Wildman–Crippen LogP) is 3.76. The van der Waals surface area contributed by atoms with Gasteiger partial charge < -0.3 is 5.32 Å². The van der Waals surface area contributed by atoms with Gasteiger partial charge in [-0.2, -0.15) is 0 Å². The summed E-state index contributed by atoms with van der Waals surface area (Å²) in [4.78, 5) is 37.2. The Hall–Kier alpha value is -2.44. The molecule has 1 N–H and O–H groups in total. The van der Waals surface area contributed by atoms with Crippen molar-refractivity contribution >= 4 is 46.6 Å². The summed E-state index contributed by atoms with van der Waals surface area (Å²) < 4.78 is 13.7. The summed E-state index contributed by atoms with van der Waals surface area (Å²) in [7, 11) is 0. The largest absolute Gasteiger partial charge is 0.326 e. The number of amides is 3. The highest BCUT2D eigenvalue weighted by atomic mass is 35.5. The molecule has 0 unspecified atom stereocenters. The van der Waals surface area contributed by atoms with Gasteiger partial charge in [0.1, 0.15) is 5.82 Å². The first-order valence-electron chi connectivity index (χ1n) is 7.28. The van der Waals surface area contributed by atoms with E-state index in [0.717, 1.165) is 11.0 Å². The fourth-order valence-electron chi connectivity index (χ4n) is 2.51. The van der Waals surface area contributed by atoms with Crippen molar-refractivity contribution in [2.24, 2.45) is 0 Å². The summed E-state index contributed by atoms with van der Waals surface area (Å²) in [6.45, 7) is -0.154. The molecule has 0 aromatic heterocycles. The number of carbonyl (C=O) groups is 3. The van der Waals surface area contributed by atoms with Gasteiger partial charge in [0, 0.05) is 18.7 Å². The standard InChI is InChI=1S/C17H11Cl2FN2O3/c18-11-5-4-9(8-12(11)19)21-14(23)6-7-22-16(24)10-2-1-3-13(20)15(10)17(22)25/h1-5,8H,6-7H2,(H,21,23). The lowest BCUT2D eigenvalue weighted by Gasteiger charge is -2.13. The number of nitrogens with one attached hydrogen (secondary N) is 1. The van der Waals surface area contributed by atoms with Crippen LogP contribution < -0.4 is 5.32 Å². The van der Waals surface area contributed by atoms with Crippen LogP contribution in [0, 0.1) is 5.82 Å². The molecule has 0 bridgehead atoms. The van der Waals surface area contributed by atoms with Gasteiger partial charge in [0.05, 0.1) is 21.2 Å². The van der Waals surface area contributed by atoms with Crippen molar-refractivity contribution in [3.05, 3.63) is 63.4 Å². The minimum atomic E-state index is -0.751. The molecule has 25 heavy (non-hydrogen) atoms. The lowest BCUT2D eigenvalue weighted by atomic mass is 10.1.